The van der Waals surface area contributed by atoms with Crippen molar-refractivity contribution in [3.63, 3.8) is 0 Å². The second-order valence-electron chi connectivity index (χ2n) is 4.99. The zero-order valence-corrected chi connectivity index (χ0v) is 10.8. The van der Waals surface area contributed by atoms with Crippen LogP contribution in [0.2, 0.25) is 5.02 Å². The SMILES string of the molecule is O=C(/C=C/c1ccc(Cl)cc1)C12CCCCC1O2. The molecule has 2 atom stereocenters. The highest BCUT2D eigenvalue weighted by molar-refractivity contribution is 6.30. The van der Waals surface area contributed by atoms with Crippen LogP contribution in [-0.2, 0) is 9.53 Å². The van der Waals surface area contributed by atoms with Gasteiger partial charge in [-0.2, -0.15) is 0 Å². The number of hydrogen-bond donors (Lipinski definition) is 0. The molecule has 0 spiro atoms. The highest BCUT2D eigenvalue weighted by atomic mass is 35.5. The number of halogens is 1. The Bertz CT molecular complexity index is 492. The molecule has 0 radical (unpaired) electrons. The van der Waals surface area contributed by atoms with Crippen LogP contribution in [0.15, 0.2) is 30.3 Å². The minimum atomic E-state index is -0.471. The van der Waals surface area contributed by atoms with Gasteiger partial charge in [-0.15, -0.1) is 0 Å². The molecule has 0 bridgehead atoms. The summed E-state index contributed by atoms with van der Waals surface area (Å²) in [5.74, 6) is 0.113. The monoisotopic (exact) mass is 262 g/mol. The van der Waals surface area contributed by atoms with Gasteiger partial charge in [-0.05, 0) is 43.0 Å². The van der Waals surface area contributed by atoms with E-state index in [0.717, 1.165) is 24.8 Å². The lowest BCUT2D eigenvalue weighted by Crippen LogP contribution is -2.28. The molecule has 18 heavy (non-hydrogen) atoms. The van der Waals surface area contributed by atoms with Gasteiger partial charge in [0.1, 0.15) is 0 Å². The fourth-order valence-corrected chi connectivity index (χ4v) is 2.80. The van der Waals surface area contributed by atoms with E-state index in [0.29, 0.717) is 5.02 Å². The lowest BCUT2D eigenvalue weighted by Gasteiger charge is -2.13. The zero-order chi connectivity index (χ0) is 12.6. The van der Waals surface area contributed by atoms with Crippen molar-refractivity contribution in [2.45, 2.75) is 37.4 Å². The highest BCUT2D eigenvalue weighted by Crippen LogP contribution is 2.48. The largest absolute Gasteiger partial charge is 0.357 e. The molecule has 1 aliphatic carbocycles. The molecule has 2 unspecified atom stereocenters. The smallest absolute Gasteiger partial charge is 0.190 e. The van der Waals surface area contributed by atoms with Crippen molar-refractivity contribution in [2.75, 3.05) is 0 Å². The molecule has 1 aromatic carbocycles. The molecule has 1 heterocycles. The molecule has 3 rings (SSSR count). The van der Waals surface area contributed by atoms with Gasteiger partial charge in [0.15, 0.2) is 11.4 Å². The first-order valence-corrected chi connectivity index (χ1v) is 6.74. The number of benzene rings is 1. The predicted octanol–water partition coefficient (Wildman–Crippen LogP) is 3.63. The fourth-order valence-electron chi connectivity index (χ4n) is 2.68. The van der Waals surface area contributed by atoms with E-state index >= 15 is 0 Å². The molecule has 1 saturated carbocycles. The molecule has 0 amide bonds. The maximum absolute atomic E-state index is 12.2. The molecule has 0 N–H and O–H groups in total. The number of ketones is 1. The van der Waals surface area contributed by atoms with Crippen molar-refractivity contribution in [1.82, 2.24) is 0 Å². The van der Waals surface area contributed by atoms with Crippen LogP contribution in [0.3, 0.4) is 0 Å². The standard InChI is InChI=1S/C15H15ClO2/c16-12-7-4-11(5-8-12)6-9-13(17)15-10-2-1-3-14(15)18-15/h4-9,14H,1-3,10H2/b9-6+. The molecule has 1 aromatic rings. The Morgan fingerprint density at radius 3 is 2.83 bits per heavy atom. The van der Waals surface area contributed by atoms with E-state index in [4.69, 9.17) is 16.3 Å². The molecular weight excluding hydrogens is 248 g/mol. The van der Waals surface area contributed by atoms with Crippen molar-refractivity contribution < 1.29 is 9.53 Å². The summed E-state index contributed by atoms with van der Waals surface area (Å²) in [6.45, 7) is 0. The van der Waals surface area contributed by atoms with Gasteiger partial charge < -0.3 is 4.74 Å². The number of hydrogen-bond acceptors (Lipinski definition) is 2. The fraction of sp³-hybridized carbons (Fsp3) is 0.400. The summed E-state index contributed by atoms with van der Waals surface area (Å²) in [7, 11) is 0. The van der Waals surface area contributed by atoms with Gasteiger partial charge in [-0.25, -0.2) is 0 Å². The highest BCUT2D eigenvalue weighted by Gasteiger charge is 2.61. The van der Waals surface area contributed by atoms with Gasteiger partial charge in [0, 0.05) is 5.02 Å². The summed E-state index contributed by atoms with van der Waals surface area (Å²) in [6.07, 6.45) is 7.84. The van der Waals surface area contributed by atoms with E-state index in [1.165, 1.54) is 6.42 Å². The molecule has 0 aromatic heterocycles. The van der Waals surface area contributed by atoms with E-state index in [1.54, 1.807) is 6.08 Å². The minimum Gasteiger partial charge on any atom is -0.357 e. The molecule has 2 aliphatic rings. The Kier molecular flexibility index (Phi) is 3.00. The number of fused-ring (bicyclic) bond motifs is 1. The lowest BCUT2D eigenvalue weighted by molar-refractivity contribution is -0.119. The first-order valence-electron chi connectivity index (χ1n) is 6.37. The van der Waals surface area contributed by atoms with Gasteiger partial charge in [-0.3, -0.25) is 4.79 Å². The molecule has 1 saturated heterocycles. The molecular formula is C15H15ClO2. The topological polar surface area (TPSA) is 29.6 Å². The summed E-state index contributed by atoms with van der Waals surface area (Å²) >= 11 is 5.81. The van der Waals surface area contributed by atoms with Crippen LogP contribution in [0.1, 0.15) is 31.2 Å². The van der Waals surface area contributed by atoms with Gasteiger partial charge in [0.25, 0.3) is 0 Å². The number of carbonyl (C=O) groups is 1. The first kappa shape index (κ1) is 11.9. The van der Waals surface area contributed by atoms with Crippen molar-refractivity contribution >= 4 is 23.5 Å². The van der Waals surface area contributed by atoms with Gasteiger partial charge in [0.05, 0.1) is 6.10 Å². The quantitative estimate of drug-likeness (QED) is 0.615. The third-order valence-electron chi connectivity index (χ3n) is 3.79. The molecule has 2 nitrogen and oxygen atoms in total. The first-order chi connectivity index (χ1) is 8.71. The second-order valence-corrected chi connectivity index (χ2v) is 5.43. The zero-order valence-electron chi connectivity index (χ0n) is 10.1. The normalized spacial score (nSPS) is 30.2. The van der Waals surface area contributed by atoms with Crippen LogP contribution >= 0.6 is 11.6 Å². The number of ether oxygens (including phenoxy) is 1. The lowest BCUT2D eigenvalue weighted by atomic mass is 9.86. The van der Waals surface area contributed by atoms with E-state index in [-0.39, 0.29) is 11.9 Å². The predicted molar refractivity (Wildman–Crippen MR) is 71.6 cm³/mol. The van der Waals surface area contributed by atoms with Crippen LogP contribution in [0.4, 0.5) is 0 Å². The molecule has 1 aliphatic heterocycles. The third-order valence-corrected chi connectivity index (χ3v) is 4.05. The second kappa shape index (κ2) is 4.52. The van der Waals surface area contributed by atoms with Crippen LogP contribution < -0.4 is 0 Å². The van der Waals surface area contributed by atoms with Crippen molar-refractivity contribution in [3.8, 4) is 0 Å². The minimum absolute atomic E-state index is 0.113. The summed E-state index contributed by atoms with van der Waals surface area (Å²) < 4.78 is 5.61. The summed E-state index contributed by atoms with van der Waals surface area (Å²) in [5, 5.41) is 0.704. The molecule has 3 heteroatoms. The maximum atomic E-state index is 12.2. The molecule has 2 fully saturated rings. The van der Waals surface area contributed by atoms with Crippen LogP contribution in [0.5, 0.6) is 0 Å². The Balaban J connectivity index is 1.69. The van der Waals surface area contributed by atoms with Gasteiger partial charge in [-0.1, -0.05) is 36.2 Å². The molecule has 94 valence electrons. The summed E-state index contributed by atoms with van der Waals surface area (Å²) in [4.78, 5) is 12.2. The summed E-state index contributed by atoms with van der Waals surface area (Å²) in [6, 6.07) is 7.44. The Labute approximate surface area is 112 Å². The van der Waals surface area contributed by atoms with Crippen molar-refractivity contribution in [1.29, 1.82) is 0 Å². The maximum Gasteiger partial charge on any atom is 0.190 e. The Hall–Kier alpha value is -1.12. The van der Waals surface area contributed by atoms with E-state index in [1.807, 2.05) is 30.3 Å². The van der Waals surface area contributed by atoms with Crippen molar-refractivity contribution in [3.05, 3.63) is 40.9 Å². The number of rotatable bonds is 3. The average Bonchev–Trinajstić information content (AvgIpc) is 3.13. The van der Waals surface area contributed by atoms with E-state index in [2.05, 4.69) is 0 Å². The average molecular weight is 263 g/mol. The summed E-state index contributed by atoms with van der Waals surface area (Å²) in [5.41, 5.74) is 0.512. The van der Waals surface area contributed by atoms with Crippen LogP contribution in [-0.4, -0.2) is 17.5 Å². The Morgan fingerprint density at radius 1 is 1.33 bits per heavy atom. The van der Waals surface area contributed by atoms with Gasteiger partial charge in [0.2, 0.25) is 0 Å². The van der Waals surface area contributed by atoms with Crippen LogP contribution in [0.25, 0.3) is 6.08 Å². The number of carbonyl (C=O) groups excluding carboxylic acids is 1. The van der Waals surface area contributed by atoms with E-state index in [9.17, 15) is 4.79 Å². The Morgan fingerprint density at radius 2 is 2.11 bits per heavy atom. The van der Waals surface area contributed by atoms with Gasteiger partial charge >= 0.3 is 0 Å². The van der Waals surface area contributed by atoms with Crippen molar-refractivity contribution in [2.24, 2.45) is 0 Å². The van der Waals surface area contributed by atoms with Crippen LogP contribution in [0, 0.1) is 0 Å². The van der Waals surface area contributed by atoms with E-state index < -0.39 is 5.60 Å². The third kappa shape index (κ3) is 2.11. The number of epoxide rings is 1.